The van der Waals surface area contributed by atoms with Crippen molar-refractivity contribution in [2.45, 2.75) is 0 Å². The van der Waals surface area contributed by atoms with E-state index in [-0.39, 0.29) is 0 Å². The molecule has 3 heteroatoms. The molecule has 0 atom stereocenters. The molecule has 0 N–H and O–H groups in total. The molecule has 0 fully saturated rings. The van der Waals surface area contributed by atoms with Crippen molar-refractivity contribution < 1.29 is 0 Å². The Labute approximate surface area is 106 Å². The molecule has 86 valence electrons. The van der Waals surface area contributed by atoms with Crippen molar-refractivity contribution in [3.05, 3.63) is 40.7 Å². The van der Waals surface area contributed by atoms with Gasteiger partial charge in [-0.3, -0.25) is 4.90 Å². The zero-order valence-electron chi connectivity index (χ0n) is 9.97. The largest absolute Gasteiger partial charge is 0.299 e. The Bertz CT molecular complexity index is 532. The normalized spacial score (nSPS) is 10.1. The molecule has 0 aliphatic rings. The van der Waals surface area contributed by atoms with Gasteiger partial charge in [0.15, 0.2) is 5.01 Å². The lowest BCUT2D eigenvalue weighted by Gasteiger charge is -2.00. The third-order valence-corrected chi connectivity index (χ3v) is 2.92. The molecule has 2 rings (SSSR count). The van der Waals surface area contributed by atoms with Crippen molar-refractivity contribution in [1.29, 1.82) is 0 Å². The minimum atomic E-state index is 0.764. The fraction of sp³-hybridized carbons (Fsp3) is 0.214. The third kappa shape index (κ3) is 3.42. The van der Waals surface area contributed by atoms with Gasteiger partial charge in [0, 0.05) is 10.9 Å². The predicted molar refractivity (Wildman–Crippen MR) is 73.0 cm³/mol. The molecular weight excluding hydrogens is 228 g/mol. The molecule has 1 heterocycles. The van der Waals surface area contributed by atoms with E-state index in [1.807, 2.05) is 37.2 Å². The monoisotopic (exact) mass is 242 g/mol. The molecule has 0 aliphatic carbocycles. The number of hydrogen-bond donors (Lipinski definition) is 0. The van der Waals surface area contributed by atoms with Crippen LogP contribution in [0.4, 0.5) is 0 Å². The first-order valence-electron chi connectivity index (χ1n) is 5.40. The first kappa shape index (κ1) is 11.8. The van der Waals surface area contributed by atoms with Gasteiger partial charge in [-0.15, -0.1) is 11.3 Å². The van der Waals surface area contributed by atoms with Gasteiger partial charge >= 0.3 is 0 Å². The van der Waals surface area contributed by atoms with Crippen molar-refractivity contribution in [3.8, 4) is 23.1 Å². The summed E-state index contributed by atoms with van der Waals surface area (Å²) in [6.45, 7) is 0.764. The second-order valence-electron chi connectivity index (χ2n) is 3.94. The maximum Gasteiger partial charge on any atom is 0.167 e. The third-order valence-electron chi connectivity index (χ3n) is 2.16. The molecule has 1 aromatic heterocycles. The summed E-state index contributed by atoms with van der Waals surface area (Å²) < 4.78 is 0. The lowest BCUT2D eigenvalue weighted by atomic mass is 10.2. The minimum absolute atomic E-state index is 0.764. The van der Waals surface area contributed by atoms with Gasteiger partial charge in [0.05, 0.1) is 12.2 Å². The van der Waals surface area contributed by atoms with Gasteiger partial charge in [-0.1, -0.05) is 36.3 Å². The van der Waals surface area contributed by atoms with Crippen LogP contribution in [-0.4, -0.2) is 30.5 Å². The first-order chi connectivity index (χ1) is 8.25. The molecule has 0 radical (unpaired) electrons. The highest BCUT2D eigenvalue weighted by Crippen LogP contribution is 2.20. The Hall–Kier alpha value is -1.63. The Morgan fingerprint density at radius 1 is 1.24 bits per heavy atom. The quantitative estimate of drug-likeness (QED) is 0.753. The van der Waals surface area contributed by atoms with Gasteiger partial charge in [-0.25, -0.2) is 4.98 Å². The highest BCUT2D eigenvalue weighted by atomic mass is 32.1. The van der Waals surface area contributed by atoms with Gasteiger partial charge in [0.2, 0.25) is 0 Å². The van der Waals surface area contributed by atoms with E-state index in [1.54, 1.807) is 11.3 Å². The molecular formula is C14H14N2S. The fourth-order valence-electron chi connectivity index (χ4n) is 1.35. The van der Waals surface area contributed by atoms with Crippen molar-refractivity contribution in [1.82, 2.24) is 9.88 Å². The van der Waals surface area contributed by atoms with Gasteiger partial charge in [-0.2, -0.15) is 0 Å². The summed E-state index contributed by atoms with van der Waals surface area (Å²) in [5.74, 6) is 6.17. The molecule has 2 aromatic rings. The van der Waals surface area contributed by atoms with Crippen molar-refractivity contribution >= 4 is 11.3 Å². The van der Waals surface area contributed by atoms with Gasteiger partial charge in [0.1, 0.15) is 0 Å². The van der Waals surface area contributed by atoms with E-state index in [0.717, 1.165) is 22.8 Å². The first-order valence-corrected chi connectivity index (χ1v) is 6.28. The lowest BCUT2D eigenvalue weighted by molar-refractivity contribution is 0.464. The van der Waals surface area contributed by atoms with Crippen LogP contribution in [0.2, 0.25) is 0 Å². The standard InChI is InChI=1S/C14H14N2S/c1-16(2)10-6-9-14-15-13(11-17-14)12-7-4-3-5-8-12/h3-5,7-8,11H,10H2,1-2H3. The van der Waals surface area contributed by atoms with Crippen LogP contribution in [0, 0.1) is 11.8 Å². The lowest BCUT2D eigenvalue weighted by Crippen LogP contribution is -2.10. The van der Waals surface area contributed by atoms with E-state index in [9.17, 15) is 0 Å². The maximum atomic E-state index is 4.50. The van der Waals surface area contributed by atoms with Gasteiger partial charge < -0.3 is 0 Å². The number of benzene rings is 1. The van der Waals surface area contributed by atoms with Crippen LogP contribution in [0.1, 0.15) is 5.01 Å². The zero-order chi connectivity index (χ0) is 12.1. The Kier molecular flexibility index (Phi) is 3.92. The van der Waals surface area contributed by atoms with E-state index in [4.69, 9.17) is 0 Å². The Balaban J connectivity index is 2.13. The van der Waals surface area contributed by atoms with Crippen molar-refractivity contribution in [2.24, 2.45) is 0 Å². The predicted octanol–water partition coefficient (Wildman–Crippen LogP) is 2.72. The van der Waals surface area contributed by atoms with Crippen LogP contribution < -0.4 is 0 Å². The van der Waals surface area contributed by atoms with E-state index >= 15 is 0 Å². The van der Waals surface area contributed by atoms with Crippen LogP contribution in [0.15, 0.2) is 35.7 Å². The highest BCUT2D eigenvalue weighted by Gasteiger charge is 2.01. The van der Waals surface area contributed by atoms with Gasteiger partial charge in [0.25, 0.3) is 0 Å². The molecule has 2 nitrogen and oxygen atoms in total. The number of aromatic nitrogens is 1. The van der Waals surface area contributed by atoms with E-state index < -0.39 is 0 Å². The van der Waals surface area contributed by atoms with E-state index in [1.165, 1.54) is 0 Å². The topological polar surface area (TPSA) is 16.1 Å². The summed E-state index contributed by atoms with van der Waals surface area (Å²) in [6, 6.07) is 10.2. The molecule has 0 unspecified atom stereocenters. The Morgan fingerprint density at radius 2 is 2.00 bits per heavy atom. The van der Waals surface area contributed by atoms with E-state index in [0.29, 0.717) is 0 Å². The molecule has 0 aliphatic heterocycles. The molecule has 0 bridgehead atoms. The van der Waals surface area contributed by atoms with Crippen LogP contribution >= 0.6 is 11.3 Å². The fourth-order valence-corrected chi connectivity index (χ4v) is 2.04. The number of rotatable bonds is 2. The van der Waals surface area contributed by atoms with Crippen molar-refractivity contribution in [2.75, 3.05) is 20.6 Å². The zero-order valence-corrected chi connectivity index (χ0v) is 10.8. The average molecular weight is 242 g/mol. The number of hydrogen-bond acceptors (Lipinski definition) is 3. The van der Waals surface area contributed by atoms with Crippen LogP contribution in [0.5, 0.6) is 0 Å². The number of nitrogens with zero attached hydrogens (tertiary/aromatic N) is 2. The molecule has 0 amide bonds. The summed E-state index contributed by atoms with van der Waals surface area (Å²) in [5, 5.41) is 2.93. The minimum Gasteiger partial charge on any atom is -0.299 e. The van der Waals surface area contributed by atoms with Crippen LogP contribution in [0.25, 0.3) is 11.3 Å². The molecule has 17 heavy (non-hydrogen) atoms. The summed E-state index contributed by atoms with van der Waals surface area (Å²) in [7, 11) is 4.01. The maximum absolute atomic E-state index is 4.50. The second kappa shape index (κ2) is 5.62. The van der Waals surface area contributed by atoms with Gasteiger partial charge in [-0.05, 0) is 20.0 Å². The SMILES string of the molecule is CN(C)CC#Cc1nc(-c2ccccc2)cs1. The number of thiazole rings is 1. The summed E-state index contributed by atoms with van der Waals surface area (Å²) in [5.41, 5.74) is 2.15. The summed E-state index contributed by atoms with van der Waals surface area (Å²) in [4.78, 5) is 6.54. The summed E-state index contributed by atoms with van der Waals surface area (Å²) >= 11 is 1.59. The smallest absolute Gasteiger partial charge is 0.167 e. The van der Waals surface area contributed by atoms with Crippen LogP contribution in [0.3, 0.4) is 0 Å². The molecule has 1 aromatic carbocycles. The molecule has 0 saturated heterocycles. The average Bonchev–Trinajstić information content (AvgIpc) is 2.78. The van der Waals surface area contributed by atoms with Crippen molar-refractivity contribution in [3.63, 3.8) is 0 Å². The van der Waals surface area contributed by atoms with Crippen LogP contribution in [-0.2, 0) is 0 Å². The second-order valence-corrected chi connectivity index (χ2v) is 4.80. The molecule has 0 spiro atoms. The molecule has 0 saturated carbocycles. The summed E-state index contributed by atoms with van der Waals surface area (Å²) in [6.07, 6.45) is 0. The highest BCUT2D eigenvalue weighted by molar-refractivity contribution is 7.10. The Morgan fingerprint density at radius 3 is 2.71 bits per heavy atom. The van der Waals surface area contributed by atoms with E-state index in [2.05, 4.69) is 34.3 Å².